The lowest BCUT2D eigenvalue weighted by atomic mass is 10.1. The van der Waals surface area contributed by atoms with Crippen molar-refractivity contribution in [3.8, 4) is 0 Å². The van der Waals surface area contributed by atoms with Crippen molar-refractivity contribution >= 4 is 8.17 Å². The van der Waals surface area contributed by atoms with Crippen LogP contribution in [-0.4, -0.2) is 19.3 Å². The summed E-state index contributed by atoms with van der Waals surface area (Å²) in [6.45, 7) is 3.01. The fourth-order valence-corrected chi connectivity index (χ4v) is 3.87. The van der Waals surface area contributed by atoms with Crippen LogP contribution in [0.15, 0.2) is 30.3 Å². The molecular formula is C11H14O4P+. The highest BCUT2D eigenvalue weighted by Gasteiger charge is 2.62. The first-order valence-corrected chi connectivity index (χ1v) is 6.83. The summed E-state index contributed by atoms with van der Waals surface area (Å²) in [5.74, 6) is 0. The van der Waals surface area contributed by atoms with Crippen LogP contribution in [0.25, 0.3) is 0 Å². The Kier molecular flexibility index (Phi) is 2.70. The monoisotopic (exact) mass is 241 g/mol. The van der Waals surface area contributed by atoms with Crippen molar-refractivity contribution < 1.29 is 18.1 Å². The molecule has 16 heavy (non-hydrogen) atoms. The zero-order chi connectivity index (χ0) is 11.0. The minimum absolute atomic E-state index is 0.0582. The lowest BCUT2D eigenvalue weighted by Gasteiger charge is -2.07. The zero-order valence-corrected chi connectivity index (χ0v) is 9.93. The SMILES string of the molecule is CC1CO[P+]2(OCC(c3ccccc3)O2)O1. The van der Waals surface area contributed by atoms with Gasteiger partial charge in [0.1, 0.15) is 19.3 Å². The van der Waals surface area contributed by atoms with Crippen LogP contribution in [0.1, 0.15) is 18.6 Å². The van der Waals surface area contributed by atoms with Crippen molar-refractivity contribution in [2.24, 2.45) is 0 Å². The van der Waals surface area contributed by atoms with Gasteiger partial charge in [0, 0.05) is 0 Å². The molecule has 3 atom stereocenters. The first kappa shape index (κ1) is 10.6. The molecule has 2 aliphatic rings. The Morgan fingerprint density at radius 1 is 1.06 bits per heavy atom. The average Bonchev–Trinajstić information content (AvgIpc) is 2.88. The summed E-state index contributed by atoms with van der Waals surface area (Å²) in [5, 5.41) is 0. The van der Waals surface area contributed by atoms with Crippen LogP contribution in [0.2, 0.25) is 0 Å². The average molecular weight is 241 g/mol. The predicted octanol–water partition coefficient (Wildman–Crippen LogP) is 2.89. The molecule has 2 heterocycles. The highest BCUT2D eigenvalue weighted by Crippen LogP contribution is 2.73. The summed E-state index contributed by atoms with van der Waals surface area (Å²) < 4.78 is 22.5. The van der Waals surface area contributed by atoms with Crippen LogP contribution in [0, 0.1) is 0 Å². The minimum Gasteiger partial charge on any atom is -0.150 e. The van der Waals surface area contributed by atoms with Gasteiger partial charge in [-0.1, -0.05) is 30.3 Å². The van der Waals surface area contributed by atoms with E-state index >= 15 is 0 Å². The van der Waals surface area contributed by atoms with Crippen LogP contribution in [-0.2, 0) is 18.1 Å². The van der Waals surface area contributed by atoms with Gasteiger partial charge in [0.25, 0.3) is 0 Å². The Morgan fingerprint density at radius 2 is 1.81 bits per heavy atom. The first-order valence-electron chi connectivity index (χ1n) is 5.37. The molecule has 0 amide bonds. The second-order valence-electron chi connectivity index (χ2n) is 3.96. The molecule has 5 heteroatoms. The summed E-state index contributed by atoms with van der Waals surface area (Å²) in [4.78, 5) is 0. The standard InChI is InChI=1S/C11H14O4P/c1-9-7-12-16(14-9)13-8-11(15-16)10-5-3-2-4-6-10/h2-6,9,11H,7-8H2,1H3/q+1. The molecule has 2 fully saturated rings. The molecule has 1 aromatic carbocycles. The Balaban J connectivity index is 1.74. The van der Waals surface area contributed by atoms with Gasteiger partial charge in [-0.25, -0.2) is 0 Å². The molecule has 0 saturated carbocycles. The van der Waals surface area contributed by atoms with Gasteiger partial charge in [-0.3, -0.25) is 0 Å². The third-order valence-electron chi connectivity index (χ3n) is 2.59. The lowest BCUT2D eigenvalue weighted by Crippen LogP contribution is -2.01. The van der Waals surface area contributed by atoms with Crippen LogP contribution < -0.4 is 0 Å². The normalized spacial score (nSPS) is 38.3. The van der Waals surface area contributed by atoms with Gasteiger partial charge < -0.3 is 0 Å². The molecule has 4 nitrogen and oxygen atoms in total. The van der Waals surface area contributed by atoms with Gasteiger partial charge in [0.2, 0.25) is 0 Å². The highest BCUT2D eigenvalue weighted by atomic mass is 31.2. The molecular weight excluding hydrogens is 227 g/mol. The van der Waals surface area contributed by atoms with E-state index in [4.69, 9.17) is 18.1 Å². The van der Waals surface area contributed by atoms with E-state index in [2.05, 4.69) is 0 Å². The van der Waals surface area contributed by atoms with Crippen LogP contribution >= 0.6 is 8.17 Å². The molecule has 2 aliphatic heterocycles. The van der Waals surface area contributed by atoms with Crippen LogP contribution in [0.5, 0.6) is 0 Å². The number of hydrogen-bond acceptors (Lipinski definition) is 4. The van der Waals surface area contributed by atoms with Gasteiger partial charge in [-0.15, -0.1) is 13.6 Å². The topological polar surface area (TPSA) is 36.9 Å². The number of rotatable bonds is 1. The summed E-state index contributed by atoms with van der Waals surface area (Å²) in [6.07, 6.45) is -0.0114. The van der Waals surface area contributed by atoms with Crippen molar-refractivity contribution in [1.82, 2.24) is 0 Å². The molecule has 0 bridgehead atoms. The Morgan fingerprint density at radius 3 is 2.50 bits per heavy atom. The zero-order valence-electron chi connectivity index (χ0n) is 9.04. The van der Waals surface area contributed by atoms with Crippen molar-refractivity contribution in [2.45, 2.75) is 19.1 Å². The van der Waals surface area contributed by atoms with E-state index in [-0.39, 0.29) is 12.2 Å². The van der Waals surface area contributed by atoms with Crippen molar-refractivity contribution in [1.29, 1.82) is 0 Å². The van der Waals surface area contributed by atoms with E-state index in [1.165, 1.54) is 0 Å². The summed E-state index contributed by atoms with van der Waals surface area (Å²) in [7, 11) is -2.48. The Labute approximate surface area is 95.1 Å². The molecule has 0 aromatic heterocycles. The molecule has 0 aliphatic carbocycles. The van der Waals surface area contributed by atoms with Gasteiger partial charge >= 0.3 is 8.17 Å². The fourth-order valence-electron chi connectivity index (χ4n) is 1.80. The van der Waals surface area contributed by atoms with Gasteiger partial charge in [0.05, 0.1) is 0 Å². The summed E-state index contributed by atoms with van der Waals surface area (Å²) in [5.41, 5.74) is 1.10. The van der Waals surface area contributed by atoms with Gasteiger partial charge in [-0.2, -0.15) is 4.52 Å². The second-order valence-corrected chi connectivity index (χ2v) is 5.79. The highest BCUT2D eigenvalue weighted by molar-refractivity contribution is 7.56. The Hall–Kier alpha value is -0.510. The molecule has 1 aromatic rings. The van der Waals surface area contributed by atoms with Crippen molar-refractivity contribution in [3.63, 3.8) is 0 Å². The molecule has 2 saturated heterocycles. The van der Waals surface area contributed by atoms with E-state index in [0.717, 1.165) is 5.56 Å². The Bertz CT molecular complexity index is 372. The van der Waals surface area contributed by atoms with Gasteiger partial charge in [-0.05, 0) is 12.5 Å². The number of hydrogen-bond donors (Lipinski definition) is 0. The maximum atomic E-state index is 5.81. The lowest BCUT2D eigenvalue weighted by molar-refractivity contribution is 0.171. The van der Waals surface area contributed by atoms with E-state index in [1.807, 2.05) is 37.3 Å². The van der Waals surface area contributed by atoms with Crippen LogP contribution in [0.4, 0.5) is 0 Å². The predicted molar refractivity (Wildman–Crippen MR) is 59.6 cm³/mol. The molecule has 0 N–H and O–H groups in total. The van der Waals surface area contributed by atoms with Crippen molar-refractivity contribution in [3.05, 3.63) is 35.9 Å². The molecule has 86 valence electrons. The molecule has 3 unspecified atom stereocenters. The van der Waals surface area contributed by atoms with E-state index in [1.54, 1.807) is 0 Å². The van der Waals surface area contributed by atoms with Crippen LogP contribution in [0.3, 0.4) is 0 Å². The van der Waals surface area contributed by atoms with E-state index in [9.17, 15) is 0 Å². The first-order chi connectivity index (χ1) is 7.77. The largest absolute Gasteiger partial charge is 0.576 e. The summed E-state index contributed by atoms with van der Waals surface area (Å²) >= 11 is 0. The molecule has 1 spiro atoms. The maximum Gasteiger partial charge on any atom is 0.576 e. The number of benzene rings is 1. The quantitative estimate of drug-likeness (QED) is 0.708. The smallest absolute Gasteiger partial charge is 0.150 e. The fraction of sp³-hybridized carbons (Fsp3) is 0.455. The van der Waals surface area contributed by atoms with E-state index < -0.39 is 8.17 Å². The van der Waals surface area contributed by atoms with E-state index in [0.29, 0.717) is 13.2 Å². The van der Waals surface area contributed by atoms with Gasteiger partial charge in [0.15, 0.2) is 6.10 Å². The summed E-state index contributed by atoms with van der Waals surface area (Å²) in [6, 6.07) is 10.0. The van der Waals surface area contributed by atoms with Crippen molar-refractivity contribution in [2.75, 3.05) is 13.2 Å². The maximum absolute atomic E-state index is 5.81. The molecule has 0 radical (unpaired) electrons. The third kappa shape index (κ3) is 1.88. The third-order valence-corrected chi connectivity index (χ3v) is 4.65. The second kappa shape index (κ2) is 4.06. The molecule has 3 rings (SSSR count). The minimum atomic E-state index is -2.48.